The Kier molecular flexibility index (Phi) is 5.79. The Bertz CT molecular complexity index is 417. The van der Waals surface area contributed by atoms with E-state index in [0.717, 1.165) is 50.5 Å². The Hall–Kier alpha value is -0.910. The zero-order chi connectivity index (χ0) is 15.3. The first-order valence-corrected chi connectivity index (χ1v) is 7.89. The van der Waals surface area contributed by atoms with E-state index in [9.17, 15) is 0 Å². The molecule has 1 aromatic rings. The van der Waals surface area contributed by atoms with Crippen LogP contribution in [-0.2, 0) is 16.7 Å². The Labute approximate surface area is 127 Å². The number of rotatable bonds is 6. The van der Waals surface area contributed by atoms with Crippen LogP contribution < -0.4 is 0 Å². The lowest BCUT2D eigenvalue weighted by Crippen LogP contribution is -2.36. The number of aromatic nitrogens is 1. The Morgan fingerprint density at radius 3 is 2.67 bits per heavy atom. The SMILES string of the molecule is CC(C)(C)c1cnc(CN2CCC(OCCCO)CC2)o1. The molecule has 1 aliphatic heterocycles. The Morgan fingerprint density at radius 1 is 1.38 bits per heavy atom. The van der Waals surface area contributed by atoms with E-state index in [0.29, 0.717) is 12.7 Å². The average Bonchev–Trinajstić information content (AvgIpc) is 2.90. The van der Waals surface area contributed by atoms with Crippen molar-refractivity contribution in [1.29, 1.82) is 0 Å². The quantitative estimate of drug-likeness (QED) is 0.817. The summed E-state index contributed by atoms with van der Waals surface area (Å²) in [7, 11) is 0. The van der Waals surface area contributed by atoms with Gasteiger partial charge >= 0.3 is 0 Å². The lowest BCUT2D eigenvalue weighted by molar-refractivity contribution is -0.000683. The Morgan fingerprint density at radius 2 is 2.10 bits per heavy atom. The topological polar surface area (TPSA) is 58.7 Å². The number of nitrogens with zero attached hydrogens (tertiary/aromatic N) is 2. The lowest BCUT2D eigenvalue weighted by Gasteiger charge is -2.31. The van der Waals surface area contributed by atoms with Crippen molar-refractivity contribution in [3.8, 4) is 0 Å². The third kappa shape index (κ3) is 5.09. The molecule has 1 aromatic heterocycles. The standard InChI is InChI=1S/C16H28N2O3/c1-16(2,3)14-11-17-15(21-14)12-18-7-5-13(6-8-18)20-10-4-9-19/h11,13,19H,4-10,12H2,1-3H3. The van der Waals surface area contributed by atoms with Crippen LogP contribution in [0, 0.1) is 0 Å². The third-order valence-corrected chi connectivity index (χ3v) is 3.84. The van der Waals surface area contributed by atoms with E-state index in [1.165, 1.54) is 0 Å². The molecule has 5 nitrogen and oxygen atoms in total. The van der Waals surface area contributed by atoms with Gasteiger partial charge in [0.15, 0.2) is 0 Å². The molecule has 0 bridgehead atoms. The van der Waals surface area contributed by atoms with E-state index in [4.69, 9.17) is 14.3 Å². The molecule has 0 aliphatic carbocycles. The van der Waals surface area contributed by atoms with E-state index in [1.54, 1.807) is 0 Å². The molecule has 21 heavy (non-hydrogen) atoms. The molecule has 0 amide bonds. The first-order chi connectivity index (χ1) is 9.99. The van der Waals surface area contributed by atoms with Gasteiger partial charge in [0.2, 0.25) is 5.89 Å². The van der Waals surface area contributed by atoms with Crippen molar-refractivity contribution in [2.75, 3.05) is 26.3 Å². The maximum Gasteiger partial charge on any atom is 0.208 e. The van der Waals surface area contributed by atoms with Crippen molar-refractivity contribution in [2.24, 2.45) is 0 Å². The van der Waals surface area contributed by atoms with Gasteiger partial charge in [0.25, 0.3) is 0 Å². The zero-order valence-corrected chi connectivity index (χ0v) is 13.5. The van der Waals surface area contributed by atoms with E-state index < -0.39 is 0 Å². The minimum absolute atomic E-state index is 0.0127. The number of piperidine rings is 1. The van der Waals surface area contributed by atoms with Crippen LogP contribution in [0.15, 0.2) is 10.6 Å². The molecule has 1 saturated heterocycles. The second-order valence-electron chi connectivity index (χ2n) is 6.79. The highest BCUT2D eigenvalue weighted by Crippen LogP contribution is 2.24. The van der Waals surface area contributed by atoms with Crippen LogP contribution in [0.5, 0.6) is 0 Å². The number of oxazole rings is 1. The van der Waals surface area contributed by atoms with Crippen LogP contribution in [0.1, 0.15) is 51.7 Å². The molecule has 0 radical (unpaired) electrons. The highest BCUT2D eigenvalue weighted by Gasteiger charge is 2.23. The zero-order valence-electron chi connectivity index (χ0n) is 13.5. The Balaban J connectivity index is 1.74. The average molecular weight is 296 g/mol. The predicted octanol–water partition coefficient (Wildman–Crippen LogP) is 2.34. The fourth-order valence-corrected chi connectivity index (χ4v) is 2.47. The van der Waals surface area contributed by atoms with Gasteiger partial charge in [-0.15, -0.1) is 0 Å². The molecular formula is C16H28N2O3. The number of ether oxygens (including phenoxy) is 1. The molecule has 0 unspecified atom stereocenters. The van der Waals surface area contributed by atoms with Crippen LogP contribution in [0.3, 0.4) is 0 Å². The predicted molar refractivity (Wildman–Crippen MR) is 81.2 cm³/mol. The van der Waals surface area contributed by atoms with Gasteiger partial charge in [-0.1, -0.05) is 20.8 Å². The molecule has 120 valence electrons. The van der Waals surface area contributed by atoms with E-state index in [1.807, 2.05) is 6.20 Å². The molecule has 1 aliphatic rings. The van der Waals surface area contributed by atoms with E-state index >= 15 is 0 Å². The first-order valence-electron chi connectivity index (χ1n) is 7.89. The monoisotopic (exact) mass is 296 g/mol. The first kappa shape index (κ1) is 16.5. The number of hydrogen-bond acceptors (Lipinski definition) is 5. The molecule has 0 atom stereocenters. The molecule has 0 spiro atoms. The number of likely N-dealkylation sites (tertiary alicyclic amines) is 1. The fourth-order valence-electron chi connectivity index (χ4n) is 2.47. The lowest BCUT2D eigenvalue weighted by atomic mass is 9.94. The van der Waals surface area contributed by atoms with Crippen LogP contribution in [-0.4, -0.2) is 47.4 Å². The second-order valence-corrected chi connectivity index (χ2v) is 6.79. The highest BCUT2D eigenvalue weighted by atomic mass is 16.5. The van der Waals surface area contributed by atoms with Crippen molar-refractivity contribution in [3.63, 3.8) is 0 Å². The highest BCUT2D eigenvalue weighted by molar-refractivity contribution is 5.06. The van der Waals surface area contributed by atoms with E-state index in [-0.39, 0.29) is 12.0 Å². The third-order valence-electron chi connectivity index (χ3n) is 3.84. The number of hydrogen-bond donors (Lipinski definition) is 1. The second kappa shape index (κ2) is 7.38. The summed E-state index contributed by atoms with van der Waals surface area (Å²) in [6, 6.07) is 0. The molecule has 1 fully saturated rings. The summed E-state index contributed by atoms with van der Waals surface area (Å²) in [6.45, 7) is 10.1. The maximum atomic E-state index is 8.76. The van der Waals surface area contributed by atoms with Crippen LogP contribution in [0.25, 0.3) is 0 Å². The summed E-state index contributed by atoms with van der Waals surface area (Å²) in [4.78, 5) is 6.75. The van der Waals surface area contributed by atoms with Crippen molar-refractivity contribution in [1.82, 2.24) is 9.88 Å². The van der Waals surface area contributed by atoms with Gasteiger partial charge in [0.05, 0.1) is 18.8 Å². The van der Waals surface area contributed by atoms with Crippen molar-refractivity contribution >= 4 is 0 Å². The molecule has 2 rings (SSSR count). The van der Waals surface area contributed by atoms with Crippen molar-refractivity contribution in [2.45, 2.75) is 58.1 Å². The van der Waals surface area contributed by atoms with Gasteiger partial charge in [0, 0.05) is 31.7 Å². The molecular weight excluding hydrogens is 268 g/mol. The summed E-state index contributed by atoms with van der Waals surface area (Å²) in [5, 5.41) is 8.76. The van der Waals surface area contributed by atoms with E-state index in [2.05, 4.69) is 30.7 Å². The number of aliphatic hydroxyl groups is 1. The minimum Gasteiger partial charge on any atom is -0.444 e. The summed E-state index contributed by atoms with van der Waals surface area (Å²) >= 11 is 0. The molecule has 1 N–H and O–H groups in total. The van der Waals surface area contributed by atoms with Crippen molar-refractivity contribution in [3.05, 3.63) is 17.8 Å². The molecule has 0 saturated carbocycles. The molecule has 5 heteroatoms. The van der Waals surface area contributed by atoms with Gasteiger partial charge in [-0.05, 0) is 19.3 Å². The largest absolute Gasteiger partial charge is 0.444 e. The van der Waals surface area contributed by atoms with Crippen LogP contribution in [0.4, 0.5) is 0 Å². The summed E-state index contributed by atoms with van der Waals surface area (Å²) in [6.07, 6.45) is 4.99. The normalized spacial score (nSPS) is 18.3. The van der Waals surface area contributed by atoms with Gasteiger partial charge < -0.3 is 14.3 Å². The maximum absolute atomic E-state index is 8.76. The van der Waals surface area contributed by atoms with Crippen LogP contribution in [0.2, 0.25) is 0 Å². The molecule has 0 aromatic carbocycles. The van der Waals surface area contributed by atoms with Crippen molar-refractivity contribution < 1.29 is 14.3 Å². The van der Waals surface area contributed by atoms with Gasteiger partial charge in [0.1, 0.15) is 5.76 Å². The van der Waals surface area contributed by atoms with Gasteiger partial charge in [-0.2, -0.15) is 0 Å². The fraction of sp³-hybridized carbons (Fsp3) is 0.812. The summed E-state index contributed by atoms with van der Waals surface area (Å²) < 4.78 is 11.6. The smallest absolute Gasteiger partial charge is 0.208 e. The minimum atomic E-state index is 0.0127. The molecule has 2 heterocycles. The number of aliphatic hydroxyl groups excluding tert-OH is 1. The van der Waals surface area contributed by atoms with Gasteiger partial charge in [-0.25, -0.2) is 4.98 Å². The summed E-state index contributed by atoms with van der Waals surface area (Å²) in [5.41, 5.74) is 0.0127. The van der Waals surface area contributed by atoms with Crippen LogP contribution >= 0.6 is 0 Å². The summed E-state index contributed by atoms with van der Waals surface area (Å²) in [5.74, 6) is 1.75. The van der Waals surface area contributed by atoms with Gasteiger partial charge in [-0.3, -0.25) is 4.90 Å².